The summed E-state index contributed by atoms with van der Waals surface area (Å²) in [6.07, 6.45) is 0. The van der Waals surface area contributed by atoms with Crippen LogP contribution in [0.2, 0.25) is 0 Å². The van der Waals surface area contributed by atoms with E-state index in [1.165, 1.54) is 12.1 Å². The van der Waals surface area contributed by atoms with E-state index in [2.05, 4.69) is 20.8 Å². The van der Waals surface area contributed by atoms with Gasteiger partial charge in [0.1, 0.15) is 5.82 Å². The first-order chi connectivity index (χ1) is 8.70. The molecule has 2 rings (SSSR count). The van der Waals surface area contributed by atoms with Crippen molar-refractivity contribution in [2.75, 3.05) is 38.1 Å². The largest absolute Gasteiger partial charge is 0.336 e. The molecule has 18 heavy (non-hydrogen) atoms. The number of nitrogens with zero attached hydrogens (tertiary/aromatic N) is 2. The topological polar surface area (TPSA) is 23.6 Å². The molecule has 1 heterocycles. The highest BCUT2D eigenvalue weighted by molar-refractivity contribution is 9.09. The lowest BCUT2D eigenvalue weighted by Crippen LogP contribution is -2.49. The molecule has 0 spiro atoms. The van der Waals surface area contributed by atoms with Crippen molar-refractivity contribution in [3.63, 3.8) is 0 Å². The van der Waals surface area contributed by atoms with Crippen LogP contribution in [-0.2, 0) is 0 Å². The van der Waals surface area contributed by atoms with Crippen LogP contribution < -0.4 is 0 Å². The van der Waals surface area contributed by atoms with Crippen molar-refractivity contribution in [2.45, 2.75) is 0 Å². The Morgan fingerprint density at radius 3 is 2.61 bits per heavy atom. The molecule has 1 saturated heterocycles. The number of alkyl halides is 1. The predicted octanol–water partition coefficient (Wildman–Crippen LogP) is 1.98. The zero-order chi connectivity index (χ0) is 13.0. The fraction of sp³-hybridized carbons (Fsp3) is 0.462. The fourth-order valence-electron chi connectivity index (χ4n) is 2.10. The van der Waals surface area contributed by atoms with Gasteiger partial charge in [0, 0.05) is 43.6 Å². The Bertz CT molecular complexity index is 419. The van der Waals surface area contributed by atoms with Crippen LogP contribution in [0.4, 0.5) is 4.39 Å². The summed E-state index contributed by atoms with van der Waals surface area (Å²) in [6.45, 7) is 4.19. The first-order valence-corrected chi connectivity index (χ1v) is 7.16. The number of benzene rings is 1. The van der Waals surface area contributed by atoms with Gasteiger partial charge < -0.3 is 4.90 Å². The highest BCUT2D eigenvalue weighted by atomic mass is 79.9. The van der Waals surface area contributed by atoms with E-state index >= 15 is 0 Å². The molecule has 0 bridgehead atoms. The van der Waals surface area contributed by atoms with Gasteiger partial charge in [-0.3, -0.25) is 9.69 Å². The summed E-state index contributed by atoms with van der Waals surface area (Å²) < 4.78 is 13.1. The Morgan fingerprint density at radius 2 is 2.00 bits per heavy atom. The van der Waals surface area contributed by atoms with Gasteiger partial charge in [-0.25, -0.2) is 4.39 Å². The van der Waals surface area contributed by atoms with Crippen LogP contribution in [-0.4, -0.2) is 53.8 Å². The van der Waals surface area contributed by atoms with Crippen molar-refractivity contribution >= 4 is 21.8 Å². The Kier molecular flexibility index (Phi) is 4.72. The third kappa shape index (κ3) is 3.29. The lowest BCUT2D eigenvalue weighted by atomic mass is 10.2. The summed E-state index contributed by atoms with van der Waals surface area (Å²) in [5.41, 5.74) is 0.434. The molecule has 0 radical (unpaired) electrons. The third-order valence-corrected chi connectivity index (χ3v) is 3.49. The minimum Gasteiger partial charge on any atom is -0.336 e. The average Bonchev–Trinajstić information content (AvgIpc) is 2.39. The van der Waals surface area contributed by atoms with Crippen LogP contribution in [0.25, 0.3) is 0 Å². The number of piperazine rings is 1. The predicted molar refractivity (Wildman–Crippen MR) is 72.5 cm³/mol. The zero-order valence-electron chi connectivity index (χ0n) is 10.1. The van der Waals surface area contributed by atoms with E-state index in [0.717, 1.165) is 25.0 Å². The van der Waals surface area contributed by atoms with Gasteiger partial charge in [0.2, 0.25) is 0 Å². The summed E-state index contributed by atoms with van der Waals surface area (Å²) in [5, 5.41) is 0.949. The lowest BCUT2D eigenvalue weighted by molar-refractivity contribution is 0.0644. The molecule has 5 heteroatoms. The SMILES string of the molecule is O=C(c1cccc(F)c1)N1CCN(CCBr)CC1. The van der Waals surface area contributed by atoms with E-state index in [9.17, 15) is 9.18 Å². The molecule has 0 saturated carbocycles. The first-order valence-electron chi connectivity index (χ1n) is 6.04. The van der Waals surface area contributed by atoms with Crippen molar-refractivity contribution in [3.05, 3.63) is 35.6 Å². The van der Waals surface area contributed by atoms with Gasteiger partial charge in [-0.15, -0.1) is 0 Å². The lowest BCUT2D eigenvalue weighted by Gasteiger charge is -2.34. The van der Waals surface area contributed by atoms with E-state index in [1.54, 1.807) is 17.0 Å². The summed E-state index contributed by atoms with van der Waals surface area (Å²) >= 11 is 3.41. The summed E-state index contributed by atoms with van der Waals surface area (Å²) in [7, 11) is 0. The first kappa shape index (κ1) is 13.5. The van der Waals surface area contributed by atoms with E-state index in [0.29, 0.717) is 18.7 Å². The normalized spacial score (nSPS) is 16.9. The quantitative estimate of drug-likeness (QED) is 0.797. The molecule has 98 valence electrons. The smallest absolute Gasteiger partial charge is 0.254 e. The van der Waals surface area contributed by atoms with Crippen LogP contribution in [0.3, 0.4) is 0 Å². The van der Waals surface area contributed by atoms with E-state index < -0.39 is 0 Å². The Balaban J connectivity index is 1.95. The molecule has 0 unspecified atom stereocenters. The Labute approximate surface area is 115 Å². The number of rotatable bonds is 3. The van der Waals surface area contributed by atoms with Gasteiger partial charge in [-0.1, -0.05) is 22.0 Å². The highest BCUT2D eigenvalue weighted by Crippen LogP contribution is 2.10. The Morgan fingerprint density at radius 1 is 1.28 bits per heavy atom. The maximum atomic E-state index is 13.1. The minimum absolute atomic E-state index is 0.0759. The van der Waals surface area contributed by atoms with E-state index in [-0.39, 0.29) is 11.7 Å². The molecule has 1 amide bonds. The molecule has 1 aromatic carbocycles. The van der Waals surface area contributed by atoms with Crippen LogP contribution in [0.1, 0.15) is 10.4 Å². The molecule has 1 fully saturated rings. The Hall–Kier alpha value is -0.940. The average molecular weight is 315 g/mol. The van der Waals surface area contributed by atoms with Crippen LogP contribution in [0, 0.1) is 5.82 Å². The number of carbonyl (C=O) groups is 1. The summed E-state index contributed by atoms with van der Waals surface area (Å²) in [6, 6.07) is 5.89. The second-order valence-electron chi connectivity index (χ2n) is 4.33. The molecule has 1 aliphatic rings. The minimum atomic E-state index is -0.362. The molecule has 1 aliphatic heterocycles. The molecule has 0 N–H and O–H groups in total. The summed E-state index contributed by atoms with van der Waals surface area (Å²) in [4.78, 5) is 16.2. The monoisotopic (exact) mass is 314 g/mol. The van der Waals surface area contributed by atoms with Crippen LogP contribution in [0.5, 0.6) is 0 Å². The van der Waals surface area contributed by atoms with Crippen LogP contribution in [0.15, 0.2) is 24.3 Å². The second kappa shape index (κ2) is 6.29. The van der Waals surface area contributed by atoms with Crippen molar-refractivity contribution in [3.8, 4) is 0 Å². The maximum absolute atomic E-state index is 13.1. The third-order valence-electron chi connectivity index (χ3n) is 3.13. The van der Waals surface area contributed by atoms with E-state index in [1.807, 2.05) is 0 Å². The maximum Gasteiger partial charge on any atom is 0.254 e. The van der Waals surface area contributed by atoms with Crippen LogP contribution >= 0.6 is 15.9 Å². The standard InChI is InChI=1S/C13H16BrFN2O/c14-4-5-16-6-8-17(9-7-16)13(18)11-2-1-3-12(15)10-11/h1-3,10H,4-9H2. The fourth-order valence-corrected chi connectivity index (χ4v) is 2.60. The van der Waals surface area contributed by atoms with Crippen molar-refractivity contribution in [2.24, 2.45) is 0 Å². The molecule has 3 nitrogen and oxygen atoms in total. The number of amides is 1. The van der Waals surface area contributed by atoms with E-state index in [4.69, 9.17) is 0 Å². The van der Waals surface area contributed by atoms with Crippen molar-refractivity contribution < 1.29 is 9.18 Å². The van der Waals surface area contributed by atoms with Crippen molar-refractivity contribution in [1.82, 2.24) is 9.80 Å². The number of carbonyl (C=O) groups excluding carboxylic acids is 1. The van der Waals surface area contributed by atoms with Crippen molar-refractivity contribution in [1.29, 1.82) is 0 Å². The number of halogens is 2. The molecule has 0 aromatic heterocycles. The molecule has 0 atom stereocenters. The van der Waals surface area contributed by atoms with Gasteiger partial charge in [0.05, 0.1) is 0 Å². The van der Waals surface area contributed by atoms with Gasteiger partial charge in [0.25, 0.3) is 5.91 Å². The molecular weight excluding hydrogens is 299 g/mol. The summed E-state index contributed by atoms with van der Waals surface area (Å²) in [5.74, 6) is -0.438. The van der Waals surface area contributed by atoms with Gasteiger partial charge >= 0.3 is 0 Å². The zero-order valence-corrected chi connectivity index (χ0v) is 11.7. The van der Waals surface area contributed by atoms with Gasteiger partial charge in [-0.2, -0.15) is 0 Å². The second-order valence-corrected chi connectivity index (χ2v) is 5.13. The molecular formula is C13H16BrFN2O. The highest BCUT2D eigenvalue weighted by Gasteiger charge is 2.21. The van der Waals surface area contributed by atoms with Gasteiger partial charge in [-0.05, 0) is 18.2 Å². The number of hydrogen-bond acceptors (Lipinski definition) is 2. The van der Waals surface area contributed by atoms with Gasteiger partial charge in [0.15, 0.2) is 0 Å². The molecule has 0 aliphatic carbocycles. The number of hydrogen-bond donors (Lipinski definition) is 0. The molecule has 1 aromatic rings.